The minimum atomic E-state index is -4.96. The van der Waals surface area contributed by atoms with Crippen molar-refractivity contribution in [3.8, 4) is 23.2 Å². The molecule has 1 aromatic carbocycles. The number of ether oxygens (including phenoxy) is 2. The fourth-order valence-corrected chi connectivity index (χ4v) is 4.87. The van der Waals surface area contributed by atoms with Crippen LogP contribution in [0.15, 0.2) is 41.3 Å². The number of hydrogen-bond donors (Lipinski definition) is 0. The second kappa shape index (κ2) is 10.3. The van der Waals surface area contributed by atoms with Gasteiger partial charge in [0.15, 0.2) is 5.52 Å². The summed E-state index contributed by atoms with van der Waals surface area (Å²) >= 11 is 0. The highest BCUT2D eigenvalue weighted by Crippen LogP contribution is 2.41. The van der Waals surface area contributed by atoms with E-state index in [0.29, 0.717) is 23.3 Å². The van der Waals surface area contributed by atoms with Crippen molar-refractivity contribution >= 4 is 11.0 Å². The molecule has 206 valence electrons. The molecule has 40 heavy (non-hydrogen) atoms. The fourth-order valence-electron chi connectivity index (χ4n) is 4.87. The minimum Gasteiger partial charge on any atom is -0.481 e. The molecule has 3 aromatic heterocycles. The van der Waals surface area contributed by atoms with E-state index in [2.05, 4.69) is 19.9 Å². The van der Waals surface area contributed by atoms with Gasteiger partial charge in [0, 0.05) is 30.8 Å². The molecule has 0 aliphatic carbocycles. The van der Waals surface area contributed by atoms with Gasteiger partial charge in [-0.05, 0) is 49.6 Å². The van der Waals surface area contributed by atoms with Crippen molar-refractivity contribution in [2.75, 3.05) is 7.11 Å². The van der Waals surface area contributed by atoms with Crippen molar-refractivity contribution in [2.45, 2.75) is 44.1 Å². The van der Waals surface area contributed by atoms with Crippen LogP contribution in [0.2, 0.25) is 0 Å². The lowest BCUT2D eigenvalue weighted by Crippen LogP contribution is -2.30. The van der Waals surface area contributed by atoms with Gasteiger partial charge in [-0.15, -0.1) is 0 Å². The van der Waals surface area contributed by atoms with Gasteiger partial charge in [-0.3, -0.25) is 9.36 Å². The number of methoxy groups -OCH3 is 1. The van der Waals surface area contributed by atoms with Crippen molar-refractivity contribution < 1.29 is 27.0 Å². The van der Waals surface area contributed by atoms with Crippen LogP contribution in [0.5, 0.6) is 5.88 Å². The van der Waals surface area contributed by atoms with Crippen LogP contribution in [0.25, 0.3) is 22.3 Å². The lowest BCUT2D eigenvalue weighted by atomic mass is 9.88. The van der Waals surface area contributed by atoms with Gasteiger partial charge in [0.2, 0.25) is 11.7 Å². The summed E-state index contributed by atoms with van der Waals surface area (Å²) in [6.45, 7) is 1.86. The summed E-state index contributed by atoms with van der Waals surface area (Å²) in [5, 5.41) is 9.13. The van der Waals surface area contributed by atoms with Crippen molar-refractivity contribution in [3.63, 3.8) is 0 Å². The van der Waals surface area contributed by atoms with Gasteiger partial charge in [-0.25, -0.2) is 24.3 Å². The zero-order valence-electron chi connectivity index (χ0n) is 21.5. The van der Waals surface area contributed by atoms with Gasteiger partial charge < -0.3 is 9.47 Å². The molecule has 0 radical (unpaired) electrons. The highest BCUT2D eigenvalue weighted by molar-refractivity contribution is 5.88. The molecule has 4 heterocycles. The van der Waals surface area contributed by atoms with Crippen LogP contribution >= 0.6 is 0 Å². The third-order valence-corrected chi connectivity index (χ3v) is 6.77. The van der Waals surface area contributed by atoms with E-state index in [1.165, 1.54) is 19.2 Å². The molecule has 0 saturated carbocycles. The fraction of sp³-hybridized carbons (Fsp3) is 0.333. The van der Waals surface area contributed by atoms with Gasteiger partial charge in [0.25, 0.3) is 5.56 Å². The zero-order chi connectivity index (χ0) is 28.8. The molecular weight excluding hydrogens is 532 g/mol. The highest BCUT2D eigenvalue weighted by Gasteiger charge is 2.38. The lowest BCUT2D eigenvalue weighted by molar-refractivity contribution is -0.147. The van der Waals surface area contributed by atoms with Crippen LogP contribution < -0.4 is 10.3 Å². The standard InChI is InChI=1S/C27H22F4N6O3/c1-13-8-16(10-19(40-13)15-6-7-33-20(11-15)39-3)24-34-21(17-5-4-14(12-32)9-18(17)28)22-23(35-24)25(38)37(2)26(36-22)27(29,30)31/h4-7,9,11,13,16,19H,8,10H2,1-3H3/t13-,16+,19-/m0/s1. The monoisotopic (exact) mass is 554 g/mol. The minimum absolute atomic E-state index is 0.00793. The first-order chi connectivity index (χ1) is 19.0. The number of halogens is 4. The third kappa shape index (κ3) is 4.98. The molecule has 5 rings (SSSR count). The maximum Gasteiger partial charge on any atom is 0.449 e. The van der Waals surface area contributed by atoms with E-state index in [-0.39, 0.29) is 34.3 Å². The molecule has 0 unspecified atom stereocenters. The molecule has 1 aliphatic heterocycles. The highest BCUT2D eigenvalue weighted by atomic mass is 19.4. The Labute approximate surface area is 225 Å². The second-order valence-corrected chi connectivity index (χ2v) is 9.47. The molecule has 1 aliphatic rings. The van der Waals surface area contributed by atoms with Gasteiger partial charge in [-0.2, -0.15) is 18.4 Å². The molecule has 0 bridgehead atoms. The predicted octanol–water partition coefficient (Wildman–Crippen LogP) is 4.85. The number of alkyl halides is 3. The maximum absolute atomic E-state index is 15.2. The van der Waals surface area contributed by atoms with E-state index in [1.807, 2.05) is 13.0 Å². The van der Waals surface area contributed by atoms with Crippen LogP contribution in [-0.2, 0) is 18.0 Å². The summed E-state index contributed by atoms with van der Waals surface area (Å²) in [5.41, 5.74) is -1.60. The van der Waals surface area contributed by atoms with Crippen molar-refractivity contribution in [3.05, 3.63) is 75.5 Å². The number of rotatable bonds is 4. The van der Waals surface area contributed by atoms with E-state index < -0.39 is 40.9 Å². The third-order valence-electron chi connectivity index (χ3n) is 6.77. The second-order valence-electron chi connectivity index (χ2n) is 9.47. The molecule has 0 N–H and O–H groups in total. The molecule has 1 fully saturated rings. The Morgan fingerprint density at radius 2 is 1.90 bits per heavy atom. The summed E-state index contributed by atoms with van der Waals surface area (Å²) in [5.74, 6) is -2.23. The molecular formula is C27H22F4N6O3. The van der Waals surface area contributed by atoms with Gasteiger partial charge in [0.1, 0.15) is 22.9 Å². The van der Waals surface area contributed by atoms with Gasteiger partial charge >= 0.3 is 6.18 Å². The largest absolute Gasteiger partial charge is 0.481 e. The SMILES string of the molecule is COc1cc([C@@H]2C[C@H](c3nc(-c4ccc(C#N)cc4F)c4nc(C(F)(F)F)n(C)c(=O)c4n3)C[C@H](C)O2)ccn1. The molecule has 3 atom stereocenters. The molecule has 0 amide bonds. The maximum atomic E-state index is 15.2. The molecule has 0 spiro atoms. The van der Waals surface area contributed by atoms with Gasteiger partial charge in [0.05, 0.1) is 31.0 Å². The molecule has 1 saturated heterocycles. The summed E-state index contributed by atoms with van der Waals surface area (Å²) in [7, 11) is 2.44. The first kappa shape index (κ1) is 27.1. The van der Waals surface area contributed by atoms with Crippen LogP contribution in [0.1, 0.15) is 54.6 Å². The smallest absolute Gasteiger partial charge is 0.449 e. The van der Waals surface area contributed by atoms with E-state index >= 15 is 4.39 Å². The number of nitrogens with zero attached hydrogens (tertiary/aromatic N) is 6. The Morgan fingerprint density at radius 1 is 1.12 bits per heavy atom. The van der Waals surface area contributed by atoms with E-state index in [4.69, 9.17) is 14.7 Å². The van der Waals surface area contributed by atoms with E-state index in [9.17, 15) is 18.0 Å². The topological polar surface area (TPSA) is 116 Å². The van der Waals surface area contributed by atoms with Crippen LogP contribution in [0.3, 0.4) is 0 Å². The lowest BCUT2D eigenvalue weighted by Gasteiger charge is -2.33. The number of aromatic nitrogens is 5. The summed E-state index contributed by atoms with van der Waals surface area (Å²) < 4.78 is 68.1. The average Bonchev–Trinajstić information content (AvgIpc) is 2.93. The Kier molecular flexibility index (Phi) is 6.97. The number of hydrogen-bond acceptors (Lipinski definition) is 8. The van der Waals surface area contributed by atoms with Crippen LogP contribution in [-0.4, -0.2) is 37.7 Å². The van der Waals surface area contributed by atoms with Gasteiger partial charge in [-0.1, -0.05) is 0 Å². The Balaban J connectivity index is 1.71. The Bertz CT molecular complexity index is 1720. The molecule has 13 heteroatoms. The predicted molar refractivity (Wildman–Crippen MR) is 134 cm³/mol. The molecule has 4 aromatic rings. The van der Waals surface area contributed by atoms with E-state index in [1.54, 1.807) is 18.3 Å². The Morgan fingerprint density at radius 3 is 2.58 bits per heavy atom. The van der Waals surface area contributed by atoms with Crippen molar-refractivity contribution in [2.24, 2.45) is 7.05 Å². The Hall–Kier alpha value is -4.44. The summed E-state index contributed by atoms with van der Waals surface area (Å²) in [4.78, 5) is 29.8. The van der Waals surface area contributed by atoms with E-state index in [0.717, 1.165) is 18.7 Å². The zero-order valence-corrected chi connectivity index (χ0v) is 21.5. The van der Waals surface area contributed by atoms with Crippen LogP contribution in [0.4, 0.5) is 17.6 Å². The quantitative estimate of drug-likeness (QED) is 0.329. The number of nitriles is 1. The first-order valence-electron chi connectivity index (χ1n) is 12.2. The summed E-state index contributed by atoms with van der Waals surface area (Å²) in [6.07, 6.45) is -3.27. The van der Waals surface area contributed by atoms with Crippen LogP contribution in [0, 0.1) is 17.1 Å². The number of fused-ring (bicyclic) bond motifs is 1. The summed E-state index contributed by atoms with van der Waals surface area (Å²) in [6, 6.07) is 8.79. The molecule has 9 nitrogen and oxygen atoms in total. The normalized spacial score (nSPS) is 19.4. The number of benzene rings is 1. The first-order valence-corrected chi connectivity index (χ1v) is 12.2. The average molecular weight is 555 g/mol. The van der Waals surface area contributed by atoms with Crippen molar-refractivity contribution in [1.82, 2.24) is 24.5 Å². The number of pyridine rings is 1. The van der Waals surface area contributed by atoms with Crippen molar-refractivity contribution in [1.29, 1.82) is 5.26 Å².